The van der Waals surface area contributed by atoms with Gasteiger partial charge in [0.2, 0.25) is 0 Å². The number of nitrogens with one attached hydrogen (secondary N) is 2. The molecule has 0 aliphatic heterocycles. The minimum atomic E-state index is -0.315. The first-order chi connectivity index (χ1) is 11.6. The lowest BCUT2D eigenvalue weighted by atomic mass is 10.0. The molecule has 6 heteroatoms. The van der Waals surface area contributed by atoms with E-state index in [-0.39, 0.29) is 17.5 Å². The van der Waals surface area contributed by atoms with E-state index in [1.54, 1.807) is 0 Å². The van der Waals surface area contributed by atoms with Gasteiger partial charge in [0, 0.05) is 17.7 Å². The molecular weight excluding hydrogens is 325 g/mol. The largest absolute Gasteiger partial charge is 0.507 e. The third-order valence-electron chi connectivity index (χ3n) is 4.04. The minimum Gasteiger partial charge on any atom is -0.507 e. The number of phenolic OH excluding ortho intramolecular Hbond substituents is 1. The second-order valence-corrected chi connectivity index (χ2v) is 6.21. The average Bonchev–Trinajstić information content (AvgIpc) is 2.93. The van der Waals surface area contributed by atoms with Gasteiger partial charge in [-0.3, -0.25) is 5.43 Å². The Bertz CT molecular complexity index is 792. The molecule has 0 saturated heterocycles. The van der Waals surface area contributed by atoms with Gasteiger partial charge < -0.3 is 10.4 Å². The van der Waals surface area contributed by atoms with Crippen molar-refractivity contribution in [1.82, 2.24) is 10.7 Å². The van der Waals surface area contributed by atoms with Crippen LogP contribution in [0.25, 0.3) is 0 Å². The molecule has 0 heterocycles. The SMILES string of the molecule is C[C@@H]1C/C(=N\NC(=S)NCc2ccccc2)c2c(O)ccc(F)c21. The summed E-state index contributed by atoms with van der Waals surface area (Å²) in [6, 6.07) is 12.5. The van der Waals surface area contributed by atoms with Gasteiger partial charge in [-0.25, -0.2) is 4.39 Å². The fraction of sp³-hybridized carbons (Fsp3) is 0.222. The number of hydrogen-bond donors (Lipinski definition) is 3. The zero-order valence-corrected chi connectivity index (χ0v) is 14.0. The van der Waals surface area contributed by atoms with Crippen molar-refractivity contribution in [2.45, 2.75) is 25.8 Å². The molecule has 2 aromatic rings. The van der Waals surface area contributed by atoms with Gasteiger partial charge in [0.1, 0.15) is 11.6 Å². The van der Waals surface area contributed by atoms with Crippen LogP contribution < -0.4 is 10.7 Å². The van der Waals surface area contributed by atoms with Crippen LogP contribution in [0.2, 0.25) is 0 Å². The molecule has 2 aromatic carbocycles. The normalized spacial score (nSPS) is 17.6. The van der Waals surface area contributed by atoms with Crippen molar-refractivity contribution in [3.63, 3.8) is 0 Å². The highest BCUT2D eigenvalue weighted by molar-refractivity contribution is 7.80. The lowest BCUT2D eigenvalue weighted by molar-refractivity contribution is 0.470. The molecule has 1 atom stereocenters. The standard InChI is InChI=1S/C18H18FN3OS/c1-11-9-14(17-15(23)8-7-13(19)16(11)17)21-22-18(24)20-10-12-5-3-2-4-6-12/h2-8,11,23H,9-10H2,1H3,(H2,20,22,24)/b21-14+/t11-/m1/s1. The first kappa shape index (κ1) is 16.4. The number of thiocarbonyl (C=S) groups is 1. The summed E-state index contributed by atoms with van der Waals surface area (Å²) >= 11 is 5.21. The van der Waals surface area contributed by atoms with Crippen LogP contribution in [-0.2, 0) is 6.54 Å². The zero-order chi connectivity index (χ0) is 17.1. The van der Waals surface area contributed by atoms with Crippen LogP contribution in [0, 0.1) is 5.82 Å². The van der Waals surface area contributed by atoms with Crippen molar-refractivity contribution in [2.75, 3.05) is 0 Å². The van der Waals surface area contributed by atoms with Crippen LogP contribution in [0.5, 0.6) is 5.75 Å². The molecule has 0 bridgehead atoms. The number of benzene rings is 2. The smallest absolute Gasteiger partial charge is 0.187 e. The fourth-order valence-electron chi connectivity index (χ4n) is 2.90. The Morgan fingerprint density at radius 1 is 1.29 bits per heavy atom. The highest BCUT2D eigenvalue weighted by Gasteiger charge is 2.30. The predicted molar refractivity (Wildman–Crippen MR) is 96.6 cm³/mol. The van der Waals surface area contributed by atoms with Crippen LogP contribution in [0.4, 0.5) is 4.39 Å². The van der Waals surface area contributed by atoms with Crippen molar-refractivity contribution >= 4 is 23.0 Å². The third kappa shape index (κ3) is 3.38. The molecule has 1 aliphatic rings. The Morgan fingerprint density at radius 2 is 2.04 bits per heavy atom. The van der Waals surface area contributed by atoms with Crippen molar-refractivity contribution in [2.24, 2.45) is 5.10 Å². The van der Waals surface area contributed by atoms with Gasteiger partial charge in [-0.2, -0.15) is 5.10 Å². The summed E-state index contributed by atoms with van der Waals surface area (Å²) < 4.78 is 14.0. The monoisotopic (exact) mass is 343 g/mol. The Morgan fingerprint density at radius 3 is 2.79 bits per heavy atom. The minimum absolute atomic E-state index is 0.0292. The maximum Gasteiger partial charge on any atom is 0.187 e. The molecule has 24 heavy (non-hydrogen) atoms. The number of nitrogens with zero attached hydrogens (tertiary/aromatic N) is 1. The maximum atomic E-state index is 14.0. The summed E-state index contributed by atoms with van der Waals surface area (Å²) in [6.45, 7) is 2.50. The Kier molecular flexibility index (Phi) is 4.76. The molecule has 0 fully saturated rings. The number of hydrazone groups is 1. The Balaban J connectivity index is 1.68. The number of hydrogen-bond acceptors (Lipinski definition) is 3. The molecule has 3 N–H and O–H groups in total. The first-order valence-electron chi connectivity index (χ1n) is 7.72. The van der Waals surface area contributed by atoms with Gasteiger partial charge in [-0.05, 0) is 42.3 Å². The van der Waals surface area contributed by atoms with Crippen molar-refractivity contribution in [3.05, 3.63) is 65.0 Å². The van der Waals surface area contributed by atoms with Crippen molar-refractivity contribution in [1.29, 1.82) is 0 Å². The van der Waals surface area contributed by atoms with Crippen LogP contribution in [-0.4, -0.2) is 15.9 Å². The van der Waals surface area contributed by atoms with E-state index >= 15 is 0 Å². The third-order valence-corrected chi connectivity index (χ3v) is 4.28. The van der Waals surface area contributed by atoms with E-state index in [9.17, 15) is 9.50 Å². The van der Waals surface area contributed by atoms with E-state index in [0.29, 0.717) is 34.9 Å². The zero-order valence-electron chi connectivity index (χ0n) is 13.2. The Labute approximate surface area is 145 Å². The van der Waals surface area contributed by atoms with Gasteiger partial charge in [-0.15, -0.1) is 0 Å². The van der Waals surface area contributed by atoms with E-state index in [2.05, 4.69) is 15.8 Å². The van der Waals surface area contributed by atoms with E-state index in [4.69, 9.17) is 12.2 Å². The molecule has 0 unspecified atom stereocenters. The van der Waals surface area contributed by atoms with E-state index < -0.39 is 0 Å². The van der Waals surface area contributed by atoms with E-state index in [1.165, 1.54) is 12.1 Å². The van der Waals surface area contributed by atoms with Crippen LogP contribution >= 0.6 is 12.2 Å². The number of rotatable bonds is 3. The number of aromatic hydroxyl groups is 1. The second kappa shape index (κ2) is 6.97. The average molecular weight is 343 g/mol. The molecule has 3 rings (SSSR count). The fourth-order valence-corrected chi connectivity index (χ4v) is 3.02. The number of halogens is 1. The molecule has 0 saturated carbocycles. The van der Waals surface area contributed by atoms with Crippen molar-refractivity contribution in [3.8, 4) is 5.75 Å². The summed E-state index contributed by atoms with van der Waals surface area (Å²) in [4.78, 5) is 0. The second-order valence-electron chi connectivity index (χ2n) is 5.80. The first-order valence-corrected chi connectivity index (χ1v) is 8.13. The molecule has 4 nitrogen and oxygen atoms in total. The highest BCUT2D eigenvalue weighted by atomic mass is 32.1. The predicted octanol–water partition coefficient (Wildman–Crippen LogP) is 3.41. The lowest BCUT2D eigenvalue weighted by Crippen LogP contribution is -2.32. The molecule has 1 aliphatic carbocycles. The lowest BCUT2D eigenvalue weighted by Gasteiger charge is -2.09. The van der Waals surface area contributed by atoms with Crippen LogP contribution in [0.3, 0.4) is 0 Å². The molecular formula is C18H18FN3OS. The summed E-state index contributed by atoms with van der Waals surface area (Å²) in [5, 5.41) is 17.7. The quantitative estimate of drug-likeness (QED) is 0.590. The number of fused-ring (bicyclic) bond motifs is 1. The molecule has 0 aromatic heterocycles. The molecule has 124 valence electrons. The highest BCUT2D eigenvalue weighted by Crippen LogP contribution is 2.39. The van der Waals surface area contributed by atoms with Crippen LogP contribution in [0.15, 0.2) is 47.6 Å². The maximum absolute atomic E-state index is 14.0. The van der Waals surface area contributed by atoms with Gasteiger partial charge in [0.05, 0.1) is 5.71 Å². The summed E-state index contributed by atoms with van der Waals surface area (Å²) in [7, 11) is 0. The summed E-state index contributed by atoms with van der Waals surface area (Å²) in [5.74, 6) is -0.303. The summed E-state index contributed by atoms with van der Waals surface area (Å²) in [5.41, 5.74) is 5.48. The van der Waals surface area contributed by atoms with Gasteiger partial charge in [-0.1, -0.05) is 37.3 Å². The van der Waals surface area contributed by atoms with E-state index in [0.717, 1.165) is 5.56 Å². The molecule has 0 spiro atoms. The number of phenols is 1. The summed E-state index contributed by atoms with van der Waals surface area (Å²) in [6.07, 6.45) is 0.554. The van der Waals surface area contributed by atoms with E-state index in [1.807, 2.05) is 37.3 Å². The topological polar surface area (TPSA) is 56.7 Å². The van der Waals surface area contributed by atoms with Gasteiger partial charge in [0.15, 0.2) is 5.11 Å². The van der Waals surface area contributed by atoms with Gasteiger partial charge >= 0.3 is 0 Å². The molecule has 0 radical (unpaired) electrons. The molecule has 0 amide bonds. The van der Waals surface area contributed by atoms with Crippen molar-refractivity contribution < 1.29 is 9.50 Å². The Hall–Kier alpha value is -2.47. The van der Waals surface area contributed by atoms with Crippen LogP contribution in [0.1, 0.15) is 36.0 Å². The van der Waals surface area contributed by atoms with Gasteiger partial charge in [0.25, 0.3) is 0 Å².